The minimum absolute atomic E-state index is 0.0950. The molecule has 0 aliphatic carbocycles. The maximum Gasteiger partial charge on any atom is 0.241 e. The summed E-state index contributed by atoms with van der Waals surface area (Å²) in [4.78, 5) is 13.0. The van der Waals surface area contributed by atoms with E-state index < -0.39 is 5.38 Å². The number of amides is 1. The average molecular weight is 291 g/mol. The van der Waals surface area contributed by atoms with Crippen molar-refractivity contribution in [1.29, 1.82) is 0 Å². The first-order valence-corrected chi connectivity index (χ1v) is 5.93. The van der Waals surface area contributed by atoms with Gasteiger partial charge in [0.05, 0.1) is 4.83 Å². The number of halogens is 2. The van der Waals surface area contributed by atoms with Gasteiger partial charge in [0, 0.05) is 14.1 Å². The van der Waals surface area contributed by atoms with E-state index in [4.69, 9.17) is 11.6 Å². The fourth-order valence-corrected chi connectivity index (χ4v) is 2.05. The third-order valence-corrected chi connectivity index (χ3v) is 3.85. The monoisotopic (exact) mass is 289 g/mol. The van der Waals surface area contributed by atoms with Crippen molar-refractivity contribution >= 4 is 33.4 Å². The predicted molar refractivity (Wildman–Crippen MR) is 66.4 cm³/mol. The van der Waals surface area contributed by atoms with Crippen LogP contribution in [0.4, 0.5) is 0 Å². The lowest BCUT2D eigenvalue weighted by atomic mass is 10.1. The van der Waals surface area contributed by atoms with Gasteiger partial charge in [-0.25, -0.2) is 0 Å². The van der Waals surface area contributed by atoms with Gasteiger partial charge in [0.1, 0.15) is 5.38 Å². The second-order valence-electron chi connectivity index (χ2n) is 3.45. The summed E-state index contributed by atoms with van der Waals surface area (Å²) in [5.41, 5.74) is 1.01. The van der Waals surface area contributed by atoms with E-state index in [9.17, 15) is 4.79 Å². The Morgan fingerprint density at radius 2 is 1.87 bits per heavy atom. The molecular weight excluding hydrogens is 277 g/mol. The van der Waals surface area contributed by atoms with Crippen LogP contribution in [0.1, 0.15) is 10.4 Å². The van der Waals surface area contributed by atoms with Crippen LogP contribution < -0.4 is 0 Å². The quantitative estimate of drug-likeness (QED) is 0.784. The number of alkyl halides is 2. The molecule has 2 atom stereocenters. The van der Waals surface area contributed by atoms with E-state index in [-0.39, 0.29) is 10.7 Å². The van der Waals surface area contributed by atoms with Crippen molar-refractivity contribution in [2.45, 2.75) is 10.2 Å². The Morgan fingerprint density at radius 1 is 1.33 bits per heavy atom. The van der Waals surface area contributed by atoms with Crippen LogP contribution in [-0.4, -0.2) is 30.3 Å². The molecule has 1 amide bonds. The van der Waals surface area contributed by atoms with Crippen LogP contribution in [0.25, 0.3) is 0 Å². The SMILES string of the molecule is CN(C)C(=O)[C@@H](Cl)[C@@H](Br)c1ccccc1. The number of carbonyl (C=O) groups is 1. The van der Waals surface area contributed by atoms with E-state index in [1.807, 2.05) is 30.3 Å². The highest BCUT2D eigenvalue weighted by molar-refractivity contribution is 9.09. The molecule has 0 unspecified atom stereocenters. The van der Waals surface area contributed by atoms with E-state index in [0.717, 1.165) is 5.56 Å². The first-order valence-electron chi connectivity index (χ1n) is 4.58. The van der Waals surface area contributed by atoms with Crippen LogP contribution in [-0.2, 0) is 4.79 Å². The molecule has 0 saturated carbocycles. The van der Waals surface area contributed by atoms with Gasteiger partial charge in [-0.05, 0) is 5.56 Å². The van der Waals surface area contributed by atoms with E-state index in [1.54, 1.807) is 14.1 Å². The normalized spacial score (nSPS) is 14.4. The minimum atomic E-state index is -0.581. The fraction of sp³-hybridized carbons (Fsp3) is 0.364. The predicted octanol–water partition coefficient (Wildman–Crippen LogP) is 2.82. The molecule has 0 aliphatic heterocycles. The summed E-state index contributed by atoms with van der Waals surface area (Å²) in [5, 5.41) is -0.581. The molecule has 2 nitrogen and oxygen atoms in total. The summed E-state index contributed by atoms with van der Waals surface area (Å²) in [7, 11) is 3.39. The van der Waals surface area contributed by atoms with Gasteiger partial charge in [0.15, 0.2) is 0 Å². The summed E-state index contributed by atoms with van der Waals surface area (Å²) >= 11 is 9.51. The summed E-state index contributed by atoms with van der Waals surface area (Å²) in [6.07, 6.45) is 0. The van der Waals surface area contributed by atoms with Crippen LogP contribution in [0.3, 0.4) is 0 Å². The Morgan fingerprint density at radius 3 is 2.33 bits per heavy atom. The zero-order valence-corrected chi connectivity index (χ0v) is 11.0. The molecule has 0 aliphatic rings. The van der Waals surface area contributed by atoms with Crippen LogP contribution in [0.5, 0.6) is 0 Å². The number of hydrogen-bond acceptors (Lipinski definition) is 1. The number of benzene rings is 1. The topological polar surface area (TPSA) is 20.3 Å². The highest BCUT2D eigenvalue weighted by Gasteiger charge is 2.26. The van der Waals surface area contributed by atoms with Crippen LogP contribution in [0.15, 0.2) is 30.3 Å². The molecule has 0 bridgehead atoms. The van der Waals surface area contributed by atoms with Crippen molar-refractivity contribution in [3.05, 3.63) is 35.9 Å². The van der Waals surface area contributed by atoms with Crippen molar-refractivity contribution in [1.82, 2.24) is 4.90 Å². The molecule has 0 saturated heterocycles. The maximum atomic E-state index is 11.6. The zero-order chi connectivity index (χ0) is 11.4. The first-order chi connectivity index (χ1) is 7.04. The third-order valence-electron chi connectivity index (χ3n) is 2.05. The third kappa shape index (κ3) is 3.21. The summed E-state index contributed by atoms with van der Waals surface area (Å²) in [5.74, 6) is -0.0950. The van der Waals surface area contributed by atoms with Crippen molar-refractivity contribution in [2.75, 3.05) is 14.1 Å². The lowest BCUT2D eigenvalue weighted by molar-refractivity contribution is -0.128. The van der Waals surface area contributed by atoms with Crippen LogP contribution >= 0.6 is 27.5 Å². The molecule has 0 aromatic heterocycles. The Kier molecular flexibility index (Phi) is 4.61. The molecule has 0 fully saturated rings. The summed E-state index contributed by atoms with van der Waals surface area (Å²) < 4.78 is 0. The Hall–Kier alpha value is -0.540. The van der Waals surface area contributed by atoms with Gasteiger partial charge in [-0.2, -0.15) is 0 Å². The number of hydrogen-bond donors (Lipinski definition) is 0. The average Bonchev–Trinajstić information content (AvgIpc) is 2.27. The largest absolute Gasteiger partial charge is 0.347 e. The van der Waals surface area contributed by atoms with Gasteiger partial charge >= 0.3 is 0 Å². The van der Waals surface area contributed by atoms with Crippen LogP contribution in [0, 0.1) is 0 Å². The van der Waals surface area contributed by atoms with Gasteiger partial charge in [-0.3, -0.25) is 4.79 Å². The molecule has 0 spiro atoms. The number of nitrogens with zero attached hydrogens (tertiary/aromatic N) is 1. The fourth-order valence-electron chi connectivity index (χ4n) is 1.18. The highest BCUT2D eigenvalue weighted by Crippen LogP contribution is 2.30. The number of carbonyl (C=O) groups excluding carboxylic acids is 1. The summed E-state index contributed by atoms with van der Waals surface area (Å²) in [6.45, 7) is 0. The Labute approximate surface area is 103 Å². The van der Waals surface area contributed by atoms with Crippen molar-refractivity contribution in [2.24, 2.45) is 0 Å². The Balaban J connectivity index is 2.77. The molecular formula is C11H13BrClNO. The van der Waals surface area contributed by atoms with E-state index in [1.165, 1.54) is 4.90 Å². The maximum absolute atomic E-state index is 11.6. The van der Waals surface area contributed by atoms with E-state index >= 15 is 0 Å². The molecule has 0 radical (unpaired) electrons. The molecule has 0 N–H and O–H groups in total. The lowest BCUT2D eigenvalue weighted by Crippen LogP contribution is -2.32. The highest BCUT2D eigenvalue weighted by atomic mass is 79.9. The van der Waals surface area contributed by atoms with Gasteiger partial charge < -0.3 is 4.90 Å². The molecule has 82 valence electrons. The number of rotatable bonds is 3. The molecule has 15 heavy (non-hydrogen) atoms. The smallest absolute Gasteiger partial charge is 0.241 e. The lowest BCUT2D eigenvalue weighted by Gasteiger charge is -2.19. The van der Waals surface area contributed by atoms with Crippen molar-refractivity contribution < 1.29 is 4.79 Å². The van der Waals surface area contributed by atoms with Crippen molar-refractivity contribution in [3.63, 3.8) is 0 Å². The first kappa shape index (κ1) is 12.5. The minimum Gasteiger partial charge on any atom is -0.347 e. The van der Waals surface area contributed by atoms with Crippen LogP contribution in [0.2, 0.25) is 0 Å². The molecule has 1 aromatic carbocycles. The molecule has 0 heterocycles. The second-order valence-corrected chi connectivity index (χ2v) is 4.90. The van der Waals surface area contributed by atoms with Gasteiger partial charge in [0.25, 0.3) is 0 Å². The summed E-state index contributed by atoms with van der Waals surface area (Å²) in [6, 6.07) is 9.66. The molecule has 1 rings (SSSR count). The van der Waals surface area contributed by atoms with E-state index in [0.29, 0.717) is 0 Å². The van der Waals surface area contributed by atoms with Gasteiger partial charge in [-0.15, -0.1) is 11.6 Å². The van der Waals surface area contributed by atoms with Gasteiger partial charge in [-0.1, -0.05) is 46.3 Å². The molecule has 4 heteroatoms. The second kappa shape index (κ2) is 5.52. The Bertz CT molecular complexity index is 329. The molecule has 1 aromatic rings. The standard InChI is InChI=1S/C11H13BrClNO/c1-14(2)11(15)10(13)9(12)8-6-4-3-5-7-8/h3-7,9-10H,1-2H3/t9-,10-/m0/s1. The van der Waals surface area contributed by atoms with Gasteiger partial charge in [0.2, 0.25) is 5.91 Å². The van der Waals surface area contributed by atoms with Crippen molar-refractivity contribution in [3.8, 4) is 0 Å². The zero-order valence-electron chi connectivity index (χ0n) is 8.65. The van der Waals surface area contributed by atoms with E-state index in [2.05, 4.69) is 15.9 Å².